The molecule has 0 fully saturated rings. The van der Waals surface area contributed by atoms with E-state index in [9.17, 15) is 26.7 Å². The molecule has 21 heavy (non-hydrogen) atoms. The second-order valence-corrected chi connectivity index (χ2v) is 3.97. The van der Waals surface area contributed by atoms with Crippen LogP contribution in [0.1, 0.15) is 10.4 Å². The molecule has 0 aliphatic rings. The maximum Gasteiger partial charge on any atom is 0.261 e. The fraction of sp³-hybridized carbons (Fsp3) is 0.0909. The summed E-state index contributed by atoms with van der Waals surface area (Å²) in [6, 6.07) is 0. The molecule has 10 heteroatoms. The number of amides is 1. The Morgan fingerprint density at radius 1 is 1.10 bits per heavy atom. The van der Waals surface area contributed by atoms with Crippen LogP contribution in [-0.2, 0) is 7.05 Å². The maximum atomic E-state index is 13.4. The molecule has 1 heterocycles. The number of carbonyl (C=O) groups is 1. The van der Waals surface area contributed by atoms with Crippen LogP contribution in [-0.4, -0.2) is 15.7 Å². The number of aromatic nitrogens is 2. The first-order valence-electron chi connectivity index (χ1n) is 5.36. The van der Waals surface area contributed by atoms with Gasteiger partial charge in [-0.05, 0) is 0 Å². The first-order chi connectivity index (χ1) is 9.75. The van der Waals surface area contributed by atoms with Crippen LogP contribution in [0.3, 0.4) is 0 Å². The molecular formula is C11H7F5N4O. The van der Waals surface area contributed by atoms with Crippen LogP contribution in [0.25, 0.3) is 0 Å². The van der Waals surface area contributed by atoms with Crippen LogP contribution in [0.2, 0.25) is 0 Å². The molecule has 1 aromatic heterocycles. The second kappa shape index (κ2) is 5.04. The van der Waals surface area contributed by atoms with Gasteiger partial charge in [-0.15, -0.1) is 0 Å². The number of nitrogen functional groups attached to an aromatic ring is 1. The molecule has 1 amide bonds. The lowest BCUT2D eigenvalue weighted by molar-refractivity contribution is 0.102. The van der Waals surface area contributed by atoms with Crippen molar-refractivity contribution in [2.45, 2.75) is 0 Å². The average Bonchev–Trinajstić information content (AvgIpc) is 2.79. The smallest absolute Gasteiger partial charge is 0.261 e. The van der Waals surface area contributed by atoms with E-state index in [1.165, 1.54) is 7.05 Å². The van der Waals surface area contributed by atoms with Crippen LogP contribution in [0.15, 0.2) is 6.20 Å². The lowest BCUT2D eigenvalue weighted by Gasteiger charge is -2.09. The van der Waals surface area contributed by atoms with Crippen molar-refractivity contribution in [3.05, 3.63) is 40.8 Å². The summed E-state index contributed by atoms with van der Waals surface area (Å²) in [4.78, 5) is 11.7. The molecule has 1 aromatic carbocycles. The Morgan fingerprint density at radius 3 is 2.00 bits per heavy atom. The van der Waals surface area contributed by atoms with E-state index in [0.29, 0.717) is 0 Å². The molecule has 0 atom stereocenters. The van der Waals surface area contributed by atoms with Crippen LogP contribution >= 0.6 is 0 Å². The fourth-order valence-electron chi connectivity index (χ4n) is 1.52. The summed E-state index contributed by atoms with van der Waals surface area (Å²) in [5, 5.41) is 5.20. The Morgan fingerprint density at radius 2 is 1.57 bits per heavy atom. The Balaban J connectivity index is 2.45. The third kappa shape index (κ3) is 2.28. The number of carbonyl (C=O) groups excluding carboxylic acids is 1. The van der Waals surface area contributed by atoms with Gasteiger partial charge in [-0.2, -0.15) is 5.10 Å². The molecule has 5 nitrogen and oxygen atoms in total. The Hall–Kier alpha value is -2.65. The standard InChI is InChI=1S/C11H7F5N4O/c1-20-10(17)3(2-18-20)11(21)19-9-7(15)5(13)4(12)6(14)8(9)16/h2H,17H2,1H3,(H,19,21). The van der Waals surface area contributed by atoms with Gasteiger partial charge < -0.3 is 11.1 Å². The SMILES string of the molecule is Cn1ncc(C(=O)Nc2c(F)c(F)c(F)c(F)c2F)c1N. The van der Waals surface area contributed by atoms with Crippen molar-refractivity contribution in [2.24, 2.45) is 7.05 Å². The summed E-state index contributed by atoms with van der Waals surface area (Å²) < 4.78 is 66.7. The molecule has 2 aromatic rings. The molecule has 0 saturated heterocycles. The van der Waals surface area contributed by atoms with Gasteiger partial charge in [0.25, 0.3) is 5.91 Å². The van der Waals surface area contributed by atoms with Crippen LogP contribution in [0.5, 0.6) is 0 Å². The summed E-state index contributed by atoms with van der Waals surface area (Å²) in [5.74, 6) is -12.2. The number of nitrogens with one attached hydrogen (secondary N) is 1. The van der Waals surface area contributed by atoms with Crippen molar-refractivity contribution in [1.29, 1.82) is 0 Å². The minimum absolute atomic E-state index is 0.142. The van der Waals surface area contributed by atoms with Crippen molar-refractivity contribution >= 4 is 17.4 Å². The highest BCUT2D eigenvalue weighted by Gasteiger charge is 2.27. The average molecular weight is 306 g/mol. The second-order valence-electron chi connectivity index (χ2n) is 3.97. The summed E-state index contributed by atoms with van der Waals surface area (Å²) >= 11 is 0. The molecule has 0 spiro atoms. The summed E-state index contributed by atoms with van der Waals surface area (Å²) in [7, 11) is 1.39. The zero-order valence-electron chi connectivity index (χ0n) is 10.3. The van der Waals surface area contributed by atoms with Crippen LogP contribution < -0.4 is 11.1 Å². The highest BCUT2D eigenvalue weighted by atomic mass is 19.2. The van der Waals surface area contributed by atoms with Gasteiger partial charge in [-0.1, -0.05) is 0 Å². The molecule has 3 N–H and O–H groups in total. The molecule has 0 radical (unpaired) electrons. The van der Waals surface area contributed by atoms with Crippen molar-refractivity contribution in [2.75, 3.05) is 11.1 Å². The minimum Gasteiger partial charge on any atom is -0.383 e. The van der Waals surface area contributed by atoms with E-state index in [-0.39, 0.29) is 11.4 Å². The Labute approximate surface area is 114 Å². The van der Waals surface area contributed by atoms with Gasteiger partial charge >= 0.3 is 0 Å². The van der Waals surface area contributed by atoms with E-state index in [4.69, 9.17) is 5.73 Å². The summed E-state index contributed by atoms with van der Waals surface area (Å²) in [5.41, 5.74) is 3.73. The van der Waals surface area contributed by atoms with E-state index < -0.39 is 40.7 Å². The minimum atomic E-state index is -2.32. The van der Waals surface area contributed by atoms with Crippen LogP contribution in [0, 0.1) is 29.1 Å². The largest absolute Gasteiger partial charge is 0.383 e. The molecule has 0 bridgehead atoms. The third-order valence-corrected chi connectivity index (χ3v) is 2.68. The molecule has 112 valence electrons. The summed E-state index contributed by atoms with van der Waals surface area (Å²) in [6.45, 7) is 0. The van der Waals surface area contributed by atoms with Gasteiger partial charge in [0.05, 0.1) is 6.20 Å². The van der Waals surface area contributed by atoms with Gasteiger partial charge in [-0.3, -0.25) is 9.48 Å². The summed E-state index contributed by atoms with van der Waals surface area (Å²) in [6.07, 6.45) is 0.983. The molecular weight excluding hydrogens is 299 g/mol. The normalized spacial score (nSPS) is 10.8. The van der Waals surface area contributed by atoms with E-state index in [0.717, 1.165) is 10.9 Å². The number of anilines is 2. The highest BCUT2D eigenvalue weighted by molar-refractivity contribution is 6.07. The van der Waals surface area contributed by atoms with Gasteiger partial charge in [0, 0.05) is 7.05 Å². The van der Waals surface area contributed by atoms with E-state index in [1.807, 2.05) is 0 Å². The maximum absolute atomic E-state index is 13.4. The van der Waals surface area contributed by atoms with Gasteiger partial charge in [0.1, 0.15) is 17.1 Å². The van der Waals surface area contributed by atoms with Gasteiger partial charge in [-0.25, -0.2) is 22.0 Å². The number of nitrogens with two attached hydrogens (primary N) is 1. The molecule has 0 unspecified atom stereocenters. The lowest BCUT2D eigenvalue weighted by atomic mass is 10.2. The predicted molar refractivity (Wildman–Crippen MR) is 61.8 cm³/mol. The van der Waals surface area contributed by atoms with E-state index in [1.54, 1.807) is 5.32 Å². The van der Waals surface area contributed by atoms with Gasteiger partial charge in [0.15, 0.2) is 23.3 Å². The number of rotatable bonds is 2. The van der Waals surface area contributed by atoms with E-state index >= 15 is 0 Å². The van der Waals surface area contributed by atoms with E-state index in [2.05, 4.69) is 5.10 Å². The number of aryl methyl sites for hydroxylation is 1. The van der Waals surface area contributed by atoms with Crippen molar-refractivity contribution in [3.63, 3.8) is 0 Å². The first-order valence-corrected chi connectivity index (χ1v) is 5.36. The Kier molecular flexibility index (Phi) is 3.54. The van der Waals surface area contributed by atoms with Gasteiger partial charge in [0.2, 0.25) is 5.82 Å². The van der Waals surface area contributed by atoms with Crippen molar-refractivity contribution < 1.29 is 26.7 Å². The van der Waals surface area contributed by atoms with Crippen LogP contribution in [0.4, 0.5) is 33.5 Å². The highest BCUT2D eigenvalue weighted by Crippen LogP contribution is 2.27. The topological polar surface area (TPSA) is 72.9 Å². The molecule has 0 aliphatic carbocycles. The van der Waals surface area contributed by atoms with Crippen molar-refractivity contribution in [1.82, 2.24) is 9.78 Å². The lowest BCUT2D eigenvalue weighted by Crippen LogP contribution is -2.18. The predicted octanol–water partition coefficient (Wildman–Crippen LogP) is 1.95. The molecule has 0 saturated carbocycles. The number of hydrogen-bond acceptors (Lipinski definition) is 3. The molecule has 2 rings (SSSR count). The molecule has 0 aliphatic heterocycles. The van der Waals surface area contributed by atoms with Crippen molar-refractivity contribution in [3.8, 4) is 0 Å². The number of hydrogen-bond donors (Lipinski definition) is 2. The first kappa shape index (κ1) is 14.8. The number of halogens is 5. The number of nitrogens with zero attached hydrogens (tertiary/aromatic N) is 2. The zero-order valence-corrected chi connectivity index (χ0v) is 10.3. The fourth-order valence-corrected chi connectivity index (χ4v) is 1.52. The third-order valence-electron chi connectivity index (χ3n) is 2.68. The Bertz CT molecular complexity index is 714. The zero-order chi connectivity index (χ0) is 15.9. The number of benzene rings is 1. The monoisotopic (exact) mass is 306 g/mol. The quantitative estimate of drug-likeness (QED) is 0.506.